The molecule has 0 aromatic rings. The summed E-state index contributed by atoms with van der Waals surface area (Å²) in [7, 11) is 0. The Morgan fingerprint density at radius 3 is 1.55 bits per heavy atom. The summed E-state index contributed by atoms with van der Waals surface area (Å²) in [6, 6.07) is 0. The van der Waals surface area contributed by atoms with Gasteiger partial charge in [-0.25, -0.2) is 0 Å². The van der Waals surface area contributed by atoms with Crippen molar-refractivity contribution in [1.82, 2.24) is 0 Å². The van der Waals surface area contributed by atoms with Gasteiger partial charge in [-0.05, 0) is 85.9 Å². The quantitative estimate of drug-likeness (QED) is 0.547. The Morgan fingerprint density at radius 2 is 1.09 bits per heavy atom. The molecule has 4 saturated carbocycles. The van der Waals surface area contributed by atoms with Crippen LogP contribution in [0.25, 0.3) is 0 Å². The largest absolute Gasteiger partial charge is 0.103 e. The molecule has 8 atom stereocenters. The fourth-order valence-corrected chi connectivity index (χ4v) is 6.76. The molecule has 0 N–H and O–H groups in total. The van der Waals surface area contributed by atoms with Gasteiger partial charge in [0.25, 0.3) is 0 Å². The summed E-state index contributed by atoms with van der Waals surface area (Å²) >= 11 is 0. The molecule has 0 saturated heterocycles. The Hall–Kier alpha value is -0.780. The number of rotatable bonds is 2. The van der Waals surface area contributed by atoms with Crippen LogP contribution in [0.2, 0.25) is 0 Å². The van der Waals surface area contributed by atoms with E-state index in [1.54, 1.807) is 0 Å². The molecule has 0 aromatic carbocycles. The van der Waals surface area contributed by atoms with Crippen LogP contribution in [0.1, 0.15) is 51.4 Å². The Kier molecular flexibility index (Phi) is 4.05. The van der Waals surface area contributed by atoms with Gasteiger partial charge in [0.05, 0.1) is 0 Å². The van der Waals surface area contributed by atoms with Gasteiger partial charge in [-0.15, -0.1) is 13.2 Å². The van der Waals surface area contributed by atoms with E-state index in [-0.39, 0.29) is 0 Å². The second-order valence-corrected chi connectivity index (χ2v) is 8.50. The molecule has 0 amide bonds. The van der Waals surface area contributed by atoms with E-state index in [4.69, 9.17) is 0 Å². The van der Waals surface area contributed by atoms with Crippen molar-refractivity contribution in [3.05, 3.63) is 37.5 Å². The zero-order valence-electron chi connectivity index (χ0n) is 14.0. The Morgan fingerprint density at radius 1 is 0.636 bits per heavy atom. The first-order chi connectivity index (χ1) is 10.8. The minimum Gasteiger partial charge on any atom is -0.103 e. The molecule has 22 heavy (non-hydrogen) atoms. The second-order valence-electron chi connectivity index (χ2n) is 8.50. The molecule has 5 aliphatic carbocycles. The summed E-state index contributed by atoms with van der Waals surface area (Å²) in [5.41, 5.74) is 0. The van der Waals surface area contributed by atoms with Crippen LogP contribution in [0.15, 0.2) is 37.5 Å². The first kappa shape index (κ1) is 14.8. The molecule has 0 heterocycles. The van der Waals surface area contributed by atoms with Crippen molar-refractivity contribution in [2.75, 3.05) is 0 Å². The fraction of sp³-hybridized carbons (Fsp3) is 0.727. The van der Waals surface area contributed by atoms with Gasteiger partial charge in [0.15, 0.2) is 0 Å². The first-order valence-electron chi connectivity index (χ1n) is 9.75. The zero-order chi connectivity index (χ0) is 15.1. The van der Waals surface area contributed by atoms with Crippen LogP contribution >= 0.6 is 0 Å². The number of allylic oxidation sites excluding steroid dienone is 4. The highest BCUT2D eigenvalue weighted by Gasteiger charge is 2.46. The third-order valence-electron chi connectivity index (χ3n) is 7.75. The molecule has 0 radical (unpaired) electrons. The standard InChI is InChI=1S/C12H18.C10H14/c1-3-9-8-10(4-2)12-7-5-6-11(9)12;1-2-9-7-4-5-8(6-7)10(9)3-1/h3-4,9-12H,1-2,5-8H2;4-5,7-10H,1-3,6H2. The maximum Gasteiger partial charge on any atom is -0.0196 e. The van der Waals surface area contributed by atoms with Crippen LogP contribution in [-0.2, 0) is 0 Å². The zero-order valence-corrected chi connectivity index (χ0v) is 14.0. The molecule has 5 rings (SSSR count). The Balaban J connectivity index is 0.000000115. The molecule has 5 aliphatic rings. The summed E-state index contributed by atoms with van der Waals surface area (Å²) in [6.07, 6.45) is 21.0. The van der Waals surface area contributed by atoms with E-state index < -0.39 is 0 Å². The lowest BCUT2D eigenvalue weighted by Gasteiger charge is -2.19. The van der Waals surface area contributed by atoms with Gasteiger partial charge in [-0.2, -0.15) is 0 Å². The third-order valence-corrected chi connectivity index (χ3v) is 7.75. The monoisotopic (exact) mass is 296 g/mol. The number of hydrogen-bond acceptors (Lipinski definition) is 0. The highest BCUT2D eigenvalue weighted by Crippen LogP contribution is 2.55. The predicted octanol–water partition coefficient (Wildman–Crippen LogP) is 6.02. The smallest absolute Gasteiger partial charge is 0.0196 e. The maximum atomic E-state index is 3.94. The lowest BCUT2D eigenvalue weighted by atomic mass is 9.86. The van der Waals surface area contributed by atoms with Gasteiger partial charge in [0.1, 0.15) is 0 Å². The van der Waals surface area contributed by atoms with Gasteiger partial charge in [0.2, 0.25) is 0 Å². The van der Waals surface area contributed by atoms with Crippen molar-refractivity contribution in [2.45, 2.75) is 51.4 Å². The van der Waals surface area contributed by atoms with Crippen molar-refractivity contribution in [1.29, 1.82) is 0 Å². The van der Waals surface area contributed by atoms with E-state index in [9.17, 15) is 0 Å². The van der Waals surface area contributed by atoms with E-state index in [0.717, 1.165) is 47.3 Å². The van der Waals surface area contributed by atoms with Crippen molar-refractivity contribution >= 4 is 0 Å². The Bertz CT molecular complexity index is 421. The van der Waals surface area contributed by atoms with Crippen LogP contribution in [-0.4, -0.2) is 0 Å². The normalized spacial score (nSPS) is 50.4. The van der Waals surface area contributed by atoms with Crippen LogP contribution in [0, 0.1) is 47.3 Å². The third kappa shape index (κ3) is 2.34. The highest BCUT2D eigenvalue weighted by molar-refractivity contribution is 5.14. The average Bonchev–Trinajstić information content (AvgIpc) is 3.31. The minimum atomic E-state index is 0.792. The topological polar surface area (TPSA) is 0 Å². The van der Waals surface area contributed by atoms with Gasteiger partial charge < -0.3 is 0 Å². The minimum absolute atomic E-state index is 0.792. The summed E-state index contributed by atoms with van der Waals surface area (Å²) in [5, 5.41) is 0. The second kappa shape index (κ2) is 6.02. The van der Waals surface area contributed by atoms with Crippen molar-refractivity contribution in [3.63, 3.8) is 0 Å². The number of hydrogen-bond donors (Lipinski definition) is 0. The molecular formula is C22H32. The van der Waals surface area contributed by atoms with E-state index in [1.165, 1.54) is 51.4 Å². The van der Waals surface area contributed by atoms with Gasteiger partial charge in [0, 0.05) is 0 Å². The summed E-state index contributed by atoms with van der Waals surface area (Å²) in [4.78, 5) is 0. The molecule has 4 fully saturated rings. The van der Waals surface area contributed by atoms with Crippen LogP contribution in [0.5, 0.6) is 0 Å². The highest BCUT2D eigenvalue weighted by atomic mass is 14.5. The van der Waals surface area contributed by atoms with Crippen molar-refractivity contribution in [2.24, 2.45) is 47.3 Å². The molecule has 0 aromatic heterocycles. The molecule has 0 heteroatoms. The lowest BCUT2D eigenvalue weighted by molar-refractivity contribution is 0.364. The Labute approximate surface area is 136 Å². The summed E-state index contributed by atoms with van der Waals surface area (Å²) in [5.74, 6) is 7.75. The summed E-state index contributed by atoms with van der Waals surface area (Å²) in [6.45, 7) is 7.88. The molecule has 0 nitrogen and oxygen atoms in total. The molecule has 0 spiro atoms. The van der Waals surface area contributed by atoms with Crippen LogP contribution in [0.4, 0.5) is 0 Å². The van der Waals surface area contributed by atoms with Gasteiger partial charge in [-0.3, -0.25) is 0 Å². The van der Waals surface area contributed by atoms with Crippen LogP contribution in [0.3, 0.4) is 0 Å². The SMILES string of the molecule is C1=CC2CC1C1CCCC21.C=CC1CC(C=C)C2CCCC12. The van der Waals surface area contributed by atoms with E-state index in [0.29, 0.717) is 0 Å². The van der Waals surface area contributed by atoms with E-state index in [2.05, 4.69) is 37.5 Å². The first-order valence-corrected chi connectivity index (χ1v) is 9.75. The molecule has 120 valence electrons. The van der Waals surface area contributed by atoms with Crippen molar-refractivity contribution < 1.29 is 0 Å². The molecule has 2 bridgehead atoms. The predicted molar refractivity (Wildman–Crippen MR) is 94.4 cm³/mol. The molecule has 8 unspecified atom stereocenters. The molecule has 0 aliphatic heterocycles. The average molecular weight is 296 g/mol. The van der Waals surface area contributed by atoms with Gasteiger partial charge in [-0.1, -0.05) is 37.1 Å². The van der Waals surface area contributed by atoms with Crippen LogP contribution < -0.4 is 0 Å². The van der Waals surface area contributed by atoms with Gasteiger partial charge >= 0.3 is 0 Å². The number of fused-ring (bicyclic) bond motifs is 6. The molecular weight excluding hydrogens is 264 g/mol. The lowest BCUT2D eigenvalue weighted by Crippen LogP contribution is -2.12. The fourth-order valence-electron chi connectivity index (χ4n) is 6.76. The maximum absolute atomic E-state index is 3.94. The summed E-state index contributed by atoms with van der Waals surface area (Å²) < 4.78 is 0. The van der Waals surface area contributed by atoms with Crippen molar-refractivity contribution in [3.8, 4) is 0 Å². The van der Waals surface area contributed by atoms with E-state index in [1.807, 2.05) is 0 Å². The van der Waals surface area contributed by atoms with E-state index >= 15 is 0 Å².